The molecule has 1 aromatic carbocycles. The van der Waals surface area contributed by atoms with Crippen molar-refractivity contribution in [1.29, 1.82) is 0 Å². The van der Waals surface area contributed by atoms with Crippen LogP contribution in [0.2, 0.25) is 0 Å². The highest BCUT2D eigenvalue weighted by molar-refractivity contribution is 6.48. The third kappa shape index (κ3) is 7.47. The molecule has 10 heteroatoms. The van der Waals surface area contributed by atoms with E-state index in [2.05, 4.69) is 10.6 Å². The van der Waals surface area contributed by atoms with E-state index in [4.69, 9.17) is 14.4 Å². The normalized spacial score (nSPS) is 18.3. The van der Waals surface area contributed by atoms with Crippen molar-refractivity contribution in [2.45, 2.75) is 76.6 Å². The van der Waals surface area contributed by atoms with Crippen LogP contribution in [0.5, 0.6) is 0 Å². The number of rotatable bonds is 10. The van der Waals surface area contributed by atoms with Gasteiger partial charge in [0.15, 0.2) is 0 Å². The van der Waals surface area contributed by atoms with Crippen LogP contribution in [-0.4, -0.2) is 72.3 Å². The Labute approximate surface area is 196 Å². The van der Waals surface area contributed by atoms with Gasteiger partial charge in [0.05, 0.1) is 23.6 Å². The maximum absolute atomic E-state index is 13.0. The van der Waals surface area contributed by atoms with Crippen molar-refractivity contribution in [3.63, 3.8) is 0 Å². The number of aryl methyl sites for hydroxylation is 1. The van der Waals surface area contributed by atoms with Crippen molar-refractivity contribution in [3.05, 3.63) is 35.9 Å². The van der Waals surface area contributed by atoms with E-state index in [9.17, 15) is 14.4 Å². The minimum absolute atomic E-state index is 0.286. The standard InChI is InChI=1S/C23H36BN3O6/c1-22(2)23(3,4)33-24(32-22)18(14-10-13-16-11-8-7-9-12-16)26-20(29)17(25-21(30)31)15-19(28)27(5)6/h7-9,11-12,17-18,25H,10,13-15H2,1-6H3,(H,26,29)(H,30,31)/t17?,18-/m0/s1. The average Bonchev–Trinajstić information content (AvgIpc) is 2.94. The molecular weight excluding hydrogens is 425 g/mol. The van der Waals surface area contributed by atoms with Crippen molar-refractivity contribution in [2.75, 3.05) is 14.1 Å². The second kappa shape index (κ2) is 11.0. The van der Waals surface area contributed by atoms with E-state index in [1.165, 1.54) is 10.5 Å². The number of hydrogen-bond donors (Lipinski definition) is 3. The summed E-state index contributed by atoms with van der Waals surface area (Å²) >= 11 is 0. The number of carboxylic acid groups (broad SMARTS) is 1. The molecule has 182 valence electrons. The van der Waals surface area contributed by atoms with Crippen molar-refractivity contribution < 1.29 is 28.8 Å². The van der Waals surface area contributed by atoms with Gasteiger partial charge in [0, 0.05) is 14.1 Å². The SMILES string of the molecule is CN(C)C(=O)CC(NC(=O)O)C(=O)N[C@@H](CCCc1ccccc1)B1OC(C)(C)C(C)(C)O1. The first-order valence-corrected chi connectivity index (χ1v) is 11.2. The van der Waals surface area contributed by atoms with E-state index in [1.807, 2.05) is 58.0 Å². The van der Waals surface area contributed by atoms with Gasteiger partial charge in [-0.2, -0.15) is 0 Å². The largest absolute Gasteiger partial charge is 0.481 e. The van der Waals surface area contributed by atoms with Gasteiger partial charge >= 0.3 is 13.2 Å². The Kier molecular flexibility index (Phi) is 8.91. The zero-order valence-corrected chi connectivity index (χ0v) is 20.4. The highest BCUT2D eigenvalue weighted by Crippen LogP contribution is 2.38. The molecule has 0 saturated carbocycles. The van der Waals surface area contributed by atoms with E-state index in [0.29, 0.717) is 6.42 Å². The molecule has 1 unspecified atom stereocenters. The summed E-state index contributed by atoms with van der Waals surface area (Å²) in [5.74, 6) is -1.47. The molecule has 1 heterocycles. The minimum Gasteiger partial charge on any atom is -0.465 e. The molecule has 0 spiro atoms. The summed E-state index contributed by atoms with van der Waals surface area (Å²) < 4.78 is 12.3. The van der Waals surface area contributed by atoms with E-state index in [1.54, 1.807) is 14.1 Å². The quantitative estimate of drug-likeness (QED) is 0.460. The third-order valence-electron chi connectivity index (χ3n) is 6.24. The van der Waals surface area contributed by atoms with E-state index >= 15 is 0 Å². The Morgan fingerprint density at radius 3 is 2.12 bits per heavy atom. The molecule has 1 aromatic rings. The Morgan fingerprint density at radius 2 is 1.61 bits per heavy atom. The lowest BCUT2D eigenvalue weighted by Crippen LogP contribution is -2.55. The van der Waals surface area contributed by atoms with Crippen molar-refractivity contribution >= 4 is 25.0 Å². The highest BCUT2D eigenvalue weighted by atomic mass is 16.7. The van der Waals surface area contributed by atoms with Crippen LogP contribution in [0.3, 0.4) is 0 Å². The van der Waals surface area contributed by atoms with Crippen molar-refractivity contribution in [1.82, 2.24) is 15.5 Å². The van der Waals surface area contributed by atoms with Crippen LogP contribution in [0.1, 0.15) is 52.5 Å². The first-order valence-electron chi connectivity index (χ1n) is 11.2. The van der Waals surface area contributed by atoms with Gasteiger partial charge in [-0.1, -0.05) is 30.3 Å². The van der Waals surface area contributed by atoms with Gasteiger partial charge < -0.3 is 29.9 Å². The van der Waals surface area contributed by atoms with Gasteiger partial charge in [0.2, 0.25) is 11.8 Å². The van der Waals surface area contributed by atoms with Gasteiger partial charge in [0.1, 0.15) is 6.04 Å². The fourth-order valence-corrected chi connectivity index (χ4v) is 3.50. The number of nitrogens with zero attached hydrogens (tertiary/aromatic N) is 1. The Bertz CT molecular complexity index is 815. The van der Waals surface area contributed by atoms with Gasteiger partial charge in [0.25, 0.3) is 0 Å². The molecule has 2 rings (SSSR count). The molecule has 1 aliphatic heterocycles. The molecule has 3 N–H and O–H groups in total. The van der Waals surface area contributed by atoms with Crippen LogP contribution in [0.4, 0.5) is 4.79 Å². The van der Waals surface area contributed by atoms with Crippen molar-refractivity contribution in [3.8, 4) is 0 Å². The molecule has 0 aliphatic carbocycles. The van der Waals surface area contributed by atoms with Crippen molar-refractivity contribution in [2.24, 2.45) is 0 Å². The molecule has 3 amide bonds. The second-order valence-electron chi connectivity index (χ2n) is 9.61. The summed E-state index contributed by atoms with van der Waals surface area (Å²) in [5, 5.41) is 14.2. The summed E-state index contributed by atoms with van der Waals surface area (Å²) in [5.41, 5.74) is 0.0119. The average molecular weight is 461 g/mol. The van der Waals surface area contributed by atoms with Crippen LogP contribution < -0.4 is 10.6 Å². The van der Waals surface area contributed by atoms with Crippen LogP contribution in [0.15, 0.2) is 30.3 Å². The van der Waals surface area contributed by atoms with Gasteiger partial charge in [-0.3, -0.25) is 9.59 Å². The lowest BCUT2D eigenvalue weighted by molar-refractivity contribution is -0.133. The molecule has 9 nitrogen and oxygen atoms in total. The number of carbonyl (C=O) groups excluding carboxylic acids is 2. The lowest BCUT2D eigenvalue weighted by Gasteiger charge is -2.32. The summed E-state index contributed by atoms with van der Waals surface area (Å²) in [7, 11) is 2.40. The van der Waals surface area contributed by atoms with Crippen LogP contribution in [0, 0.1) is 0 Å². The molecular formula is C23H36BN3O6. The zero-order chi connectivity index (χ0) is 24.8. The zero-order valence-electron chi connectivity index (χ0n) is 20.4. The van der Waals surface area contributed by atoms with Crippen LogP contribution >= 0.6 is 0 Å². The van der Waals surface area contributed by atoms with E-state index < -0.39 is 42.3 Å². The Morgan fingerprint density at radius 1 is 1.03 bits per heavy atom. The lowest BCUT2D eigenvalue weighted by atomic mass is 9.75. The predicted octanol–water partition coefficient (Wildman–Crippen LogP) is 2.24. The number of amides is 3. The predicted molar refractivity (Wildman–Crippen MR) is 126 cm³/mol. The monoisotopic (exact) mass is 461 g/mol. The molecule has 1 saturated heterocycles. The topological polar surface area (TPSA) is 117 Å². The first-order chi connectivity index (χ1) is 15.3. The van der Waals surface area contributed by atoms with Gasteiger partial charge in [-0.15, -0.1) is 0 Å². The smallest absolute Gasteiger partial charge is 0.465 e. The Balaban J connectivity index is 2.15. The Hall–Kier alpha value is -2.59. The summed E-state index contributed by atoms with van der Waals surface area (Å²) in [6.07, 6.45) is 0.456. The molecule has 1 aliphatic rings. The van der Waals surface area contributed by atoms with Gasteiger partial charge in [-0.05, 0) is 52.5 Å². The minimum atomic E-state index is -1.38. The summed E-state index contributed by atoms with van der Waals surface area (Å²) in [4.78, 5) is 37.7. The first kappa shape index (κ1) is 26.7. The van der Waals surface area contributed by atoms with Crippen LogP contribution in [0.25, 0.3) is 0 Å². The maximum atomic E-state index is 13.0. The molecule has 0 bridgehead atoms. The van der Waals surface area contributed by atoms with E-state index in [-0.39, 0.29) is 12.3 Å². The number of benzene rings is 1. The fraction of sp³-hybridized carbons (Fsp3) is 0.609. The number of carbonyl (C=O) groups is 3. The molecule has 2 atom stereocenters. The summed E-state index contributed by atoms with van der Waals surface area (Å²) in [6.45, 7) is 7.72. The second-order valence-corrected chi connectivity index (χ2v) is 9.61. The van der Waals surface area contributed by atoms with Crippen LogP contribution in [-0.2, 0) is 25.3 Å². The number of hydrogen-bond acceptors (Lipinski definition) is 5. The summed E-state index contributed by atoms with van der Waals surface area (Å²) in [6, 6.07) is 8.78. The molecule has 0 radical (unpaired) electrons. The maximum Gasteiger partial charge on any atom is 0.481 e. The third-order valence-corrected chi connectivity index (χ3v) is 6.24. The highest BCUT2D eigenvalue weighted by Gasteiger charge is 2.54. The molecule has 0 aromatic heterocycles. The molecule has 1 fully saturated rings. The fourth-order valence-electron chi connectivity index (χ4n) is 3.50. The van der Waals surface area contributed by atoms with Gasteiger partial charge in [-0.25, -0.2) is 4.79 Å². The van der Waals surface area contributed by atoms with E-state index in [0.717, 1.165) is 12.8 Å². The molecule has 33 heavy (non-hydrogen) atoms. The number of nitrogens with one attached hydrogen (secondary N) is 2.